The Hall–Kier alpha value is -1.44. The van der Waals surface area contributed by atoms with Gasteiger partial charge in [-0.3, -0.25) is 0 Å². The molecule has 1 N–H and O–H groups in total. The molecule has 0 saturated heterocycles. The predicted octanol–water partition coefficient (Wildman–Crippen LogP) is 0.885. The summed E-state index contributed by atoms with van der Waals surface area (Å²) in [5.74, 6) is 1.34. The number of ether oxygens (including phenoxy) is 4. The summed E-state index contributed by atoms with van der Waals surface area (Å²) in [7, 11) is 3.46. The highest BCUT2D eigenvalue weighted by molar-refractivity contribution is 5.46. The normalized spacial score (nSPS) is 10.6. The van der Waals surface area contributed by atoms with Gasteiger partial charge in [-0.05, 0) is 6.92 Å². The highest BCUT2D eigenvalue weighted by atomic mass is 16.6. The maximum Gasteiger partial charge on any atom is 0.221 e. The van der Waals surface area contributed by atoms with E-state index >= 15 is 0 Å². The molecule has 7 nitrogen and oxygen atoms in total. The fourth-order valence-electron chi connectivity index (χ4n) is 1.49. The third-order valence-electron chi connectivity index (χ3n) is 2.54. The average Bonchev–Trinajstić information content (AvgIpc) is 2.47. The summed E-state index contributed by atoms with van der Waals surface area (Å²) in [5, 5.41) is 2.98. The van der Waals surface area contributed by atoms with Gasteiger partial charge >= 0.3 is 0 Å². The lowest BCUT2D eigenvalue weighted by Gasteiger charge is -2.10. The Labute approximate surface area is 119 Å². The van der Waals surface area contributed by atoms with Crippen LogP contribution in [0.5, 0.6) is 5.88 Å². The highest BCUT2D eigenvalue weighted by Crippen LogP contribution is 2.19. The Kier molecular flexibility index (Phi) is 8.61. The van der Waals surface area contributed by atoms with Crippen molar-refractivity contribution < 1.29 is 18.9 Å². The van der Waals surface area contributed by atoms with Crippen molar-refractivity contribution in [2.75, 3.05) is 59.1 Å². The molecule has 1 heterocycles. The van der Waals surface area contributed by atoms with E-state index in [1.807, 2.05) is 14.0 Å². The van der Waals surface area contributed by atoms with Crippen LogP contribution in [0.25, 0.3) is 0 Å². The van der Waals surface area contributed by atoms with Gasteiger partial charge in [0.2, 0.25) is 5.88 Å². The lowest BCUT2D eigenvalue weighted by atomic mass is 10.3. The molecule has 1 aromatic heterocycles. The monoisotopic (exact) mass is 285 g/mol. The largest absolute Gasteiger partial charge is 0.475 e. The van der Waals surface area contributed by atoms with Gasteiger partial charge in [-0.1, -0.05) is 0 Å². The van der Waals surface area contributed by atoms with Gasteiger partial charge in [0.25, 0.3) is 0 Å². The quantitative estimate of drug-likeness (QED) is 0.605. The summed E-state index contributed by atoms with van der Waals surface area (Å²) in [6, 6.07) is 0. The average molecular weight is 285 g/mol. The van der Waals surface area contributed by atoms with Crippen molar-refractivity contribution in [1.29, 1.82) is 0 Å². The smallest absolute Gasteiger partial charge is 0.221 e. The van der Waals surface area contributed by atoms with E-state index in [0.717, 1.165) is 11.4 Å². The third-order valence-corrected chi connectivity index (χ3v) is 2.54. The van der Waals surface area contributed by atoms with Crippen LogP contribution in [0, 0.1) is 6.92 Å². The number of nitrogens with one attached hydrogen (secondary N) is 1. The first-order chi connectivity index (χ1) is 9.79. The SMILES string of the molecule is CNc1ncnc(OCCOCCOCCOC)c1C. The Morgan fingerprint density at radius 3 is 2.30 bits per heavy atom. The molecule has 1 rings (SSSR count). The molecule has 114 valence electrons. The Bertz CT molecular complexity index is 377. The van der Waals surface area contributed by atoms with Gasteiger partial charge in [-0.15, -0.1) is 0 Å². The third kappa shape index (κ3) is 6.14. The van der Waals surface area contributed by atoms with E-state index in [1.165, 1.54) is 6.33 Å². The fourth-order valence-corrected chi connectivity index (χ4v) is 1.49. The van der Waals surface area contributed by atoms with Crippen molar-refractivity contribution >= 4 is 5.82 Å². The van der Waals surface area contributed by atoms with Crippen molar-refractivity contribution in [2.45, 2.75) is 6.92 Å². The molecule has 0 aliphatic carbocycles. The molecular formula is C13H23N3O4. The molecule has 0 atom stereocenters. The van der Waals surface area contributed by atoms with Gasteiger partial charge in [0.1, 0.15) is 18.8 Å². The molecule has 7 heteroatoms. The lowest BCUT2D eigenvalue weighted by Crippen LogP contribution is -2.13. The minimum absolute atomic E-state index is 0.444. The minimum Gasteiger partial charge on any atom is -0.475 e. The first-order valence-electron chi connectivity index (χ1n) is 6.56. The van der Waals surface area contributed by atoms with Crippen molar-refractivity contribution in [3.05, 3.63) is 11.9 Å². The van der Waals surface area contributed by atoms with Gasteiger partial charge in [-0.2, -0.15) is 0 Å². The van der Waals surface area contributed by atoms with Gasteiger partial charge < -0.3 is 24.3 Å². The first-order valence-corrected chi connectivity index (χ1v) is 6.56. The van der Waals surface area contributed by atoms with Crippen LogP contribution in [0.3, 0.4) is 0 Å². The highest BCUT2D eigenvalue weighted by Gasteiger charge is 2.06. The van der Waals surface area contributed by atoms with Crippen LogP contribution in [-0.4, -0.2) is 63.8 Å². The van der Waals surface area contributed by atoms with E-state index < -0.39 is 0 Å². The molecule has 0 saturated carbocycles. The molecule has 0 aliphatic heterocycles. The molecule has 0 fully saturated rings. The Morgan fingerprint density at radius 1 is 1.00 bits per heavy atom. The molecule has 0 bridgehead atoms. The maximum absolute atomic E-state index is 5.55. The Balaban J connectivity index is 2.09. The van der Waals surface area contributed by atoms with Crippen LogP contribution in [0.15, 0.2) is 6.33 Å². The fraction of sp³-hybridized carbons (Fsp3) is 0.692. The summed E-state index contributed by atoms with van der Waals surface area (Å²) in [6.45, 7) is 5.13. The van der Waals surface area contributed by atoms with E-state index in [2.05, 4.69) is 15.3 Å². The number of rotatable bonds is 11. The molecule has 0 radical (unpaired) electrons. The number of hydrogen-bond acceptors (Lipinski definition) is 7. The van der Waals surface area contributed by atoms with Crippen LogP contribution in [0.1, 0.15) is 5.56 Å². The number of anilines is 1. The number of methoxy groups -OCH3 is 1. The van der Waals surface area contributed by atoms with Crippen LogP contribution >= 0.6 is 0 Å². The van der Waals surface area contributed by atoms with E-state index in [4.69, 9.17) is 18.9 Å². The van der Waals surface area contributed by atoms with Crippen LogP contribution in [-0.2, 0) is 14.2 Å². The molecule has 1 aromatic rings. The van der Waals surface area contributed by atoms with Crippen molar-refractivity contribution in [3.8, 4) is 5.88 Å². The van der Waals surface area contributed by atoms with Crippen LogP contribution < -0.4 is 10.1 Å². The van der Waals surface area contributed by atoms with E-state index in [1.54, 1.807) is 7.11 Å². The summed E-state index contributed by atoms with van der Waals surface area (Å²) < 4.78 is 21.1. The second-order valence-corrected chi connectivity index (χ2v) is 3.97. The lowest BCUT2D eigenvalue weighted by molar-refractivity contribution is 0.0176. The van der Waals surface area contributed by atoms with E-state index in [9.17, 15) is 0 Å². The number of nitrogens with zero attached hydrogens (tertiary/aromatic N) is 2. The topological polar surface area (TPSA) is 74.7 Å². The minimum atomic E-state index is 0.444. The summed E-state index contributed by atoms with van der Waals surface area (Å²) >= 11 is 0. The van der Waals surface area contributed by atoms with Crippen molar-refractivity contribution in [1.82, 2.24) is 9.97 Å². The van der Waals surface area contributed by atoms with Gasteiger partial charge in [-0.25, -0.2) is 9.97 Å². The van der Waals surface area contributed by atoms with E-state index in [0.29, 0.717) is 45.5 Å². The first kappa shape index (κ1) is 16.6. The summed E-state index contributed by atoms with van der Waals surface area (Å²) in [4.78, 5) is 8.18. The van der Waals surface area contributed by atoms with Crippen LogP contribution in [0.4, 0.5) is 5.82 Å². The molecule has 0 aliphatic rings. The molecular weight excluding hydrogens is 262 g/mol. The van der Waals surface area contributed by atoms with Gasteiger partial charge in [0.05, 0.1) is 38.6 Å². The molecule has 0 spiro atoms. The van der Waals surface area contributed by atoms with Crippen molar-refractivity contribution in [3.63, 3.8) is 0 Å². The molecule has 0 unspecified atom stereocenters. The zero-order valence-electron chi connectivity index (χ0n) is 12.3. The Morgan fingerprint density at radius 2 is 1.65 bits per heavy atom. The van der Waals surface area contributed by atoms with E-state index in [-0.39, 0.29) is 0 Å². The maximum atomic E-state index is 5.55. The standard InChI is InChI=1S/C13H23N3O4/c1-11-12(14-2)15-10-16-13(11)20-9-8-19-7-6-18-5-4-17-3/h10H,4-9H2,1-3H3,(H,14,15,16). The summed E-state index contributed by atoms with van der Waals surface area (Å²) in [6.07, 6.45) is 1.47. The molecule has 0 aromatic carbocycles. The van der Waals surface area contributed by atoms with Gasteiger partial charge in [0, 0.05) is 14.2 Å². The van der Waals surface area contributed by atoms with Crippen LogP contribution in [0.2, 0.25) is 0 Å². The second-order valence-electron chi connectivity index (χ2n) is 3.97. The second kappa shape index (κ2) is 10.4. The molecule has 20 heavy (non-hydrogen) atoms. The zero-order chi connectivity index (χ0) is 14.6. The van der Waals surface area contributed by atoms with Gasteiger partial charge in [0.15, 0.2) is 0 Å². The van der Waals surface area contributed by atoms with Crippen molar-refractivity contribution in [2.24, 2.45) is 0 Å². The number of aromatic nitrogens is 2. The number of hydrogen-bond donors (Lipinski definition) is 1. The summed E-state index contributed by atoms with van der Waals surface area (Å²) in [5.41, 5.74) is 0.887. The molecule has 0 amide bonds. The zero-order valence-corrected chi connectivity index (χ0v) is 12.3. The predicted molar refractivity (Wildman–Crippen MR) is 75.3 cm³/mol.